The molecule has 2 aromatic carbocycles. The number of aromatic amines is 1. The minimum absolute atomic E-state index is 0.0220. The molecule has 4 fully saturated rings. The standard InChI is InChI=1S/C35H42N4O6/c1-35(18-26-19-36-29-10-6-5-9-28(26)29,39-34(44)45-32-24-12-22-11-23(14-24)15-25(32)13-22)33(43)38-27(16-21-7-3-2-4-8-21)20-37-30(40)17-31(41)42/h2-10,19,22-25,27,32,36H,11-18,20H2,1H3,(H,37,40)(H,38,43)(H,39,44)(H,41,42)/t22?,23?,24?,25?,27-,32?,35+/m0/s1. The van der Waals surface area contributed by atoms with Gasteiger partial charge in [-0.25, -0.2) is 4.79 Å². The first kappa shape index (κ1) is 30.7. The van der Waals surface area contributed by atoms with Crippen molar-refractivity contribution in [2.24, 2.45) is 23.7 Å². The third-order valence-corrected chi connectivity index (χ3v) is 10.00. The second-order valence-corrected chi connectivity index (χ2v) is 13.5. The third-order valence-electron chi connectivity index (χ3n) is 10.00. The molecule has 10 heteroatoms. The van der Waals surface area contributed by atoms with Gasteiger partial charge in [-0.2, -0.15) is 0 Å². The van der Waals surface area contributed by atoms with Gasteiger partial charge in [-0.3, -0.25) is 14.4 Å². The van der Waals surface area contributed by atoms with E-state index >= 15 is 0 Å². The van der Waals surface area contributed by atoms with Crippen LogP contribution >= 0.6 is 0 Å². The Morgan fingerprint density at radius 2 is 1.62 bits per heavy atom. The number of carboxylic acids is 1. The van der Waals surface area contributed by atoms with Crippen molar-refractivity contribution in [1.82, 2.24) is 20.9 Å². The zero-order valence-corrected chi connectivity index (χ0v) is 25.6. The number of amides is 3. The Morgan fingerprint density at radius 3 is 2.31 bits per heavy atom. The van der Waals surface area contributed by atoms with E-state index in [9.17, 15) is 19.2 Å². The Labute approximate surface area is 262 Å². The molecule has 2 atom stereocenters. The topological polar surface area (TPSA) is 150 Å². The number of hydrogen-bond donors (Lipinski definition) is 5. The largest absolute Gasteiger partial charge is 0.481 e. The summed E-state index contributed by atoms with van der Waals surface area (Å²) < 4.78 is 6.15. The molecule has 238 valence electrons. The van der Waals surface area contributed by atoms with E-state index in [-0.39, 0.29) is 19.1 Å². The maximum Gasteiger partial charge on any atom is 0.408 e. The number of H-pyrrole nitrogens is 1. The molecule has 1 aromatic heterocycles. The number of carbonyl (C=O) groups is 4. The highest BCUT2D eigenvalue weighted by Crippen LogP contribution is 2.54. The van der Waals surface area contributed by atoms with E-state index < -0.39 is 41.9 Å². The summed E-state index contributed by atoms with van der Waals surface area (Å²) in [7, 11) is 0. The summed E-state index contributed by atoms with van der Waals surface area (Å²) in [6.07, 6.45) is 6.77. The maximum atomic E-state index is 14.2. The van der Waals surface area contributed by atoms with Gasteiger partial charge in [-0.15, -0.1) is 0 Å². The minimum Gasteiger partial charge on any atom is -0.481 e. The third kappa shape index (κ3) is 7.16. The van der Waals surface area contributed by atoms with Crippen molar-refractivity contribution in [2.75, 3.05) is 6.54 Å². The molecule has 10 nitrogen and oxygen atoms in total. The van der Waals surface area contributed by atoms with Crippen molar-refractivity contribution in [2.45, 2.75) is 76.0 Å². The molecule has 7 rings (SSSR count). The Hall–Kier alpha value is -4.34. The summed E-state index contributed by atoms with van der Waals surface area (Å²) in [5.74, 6) is -0.0614. The number of benzene rings is 2. The molecular formula is C35H42N4O6. The van der Waals surface area contributed by atoms with Crippen LogP contribution < -0.4 is 16.0 Å². The van der Waals surface area contributed by atoms with Crippen LogP contribution in [-0.2, 0) is 32.0 Å². The number of fused-ring (bicyclic) bond motifs is 1. The summed E-state index contributed by atoms with van der Waals surface area (Å²) in [6, 6.07) is 16.7. The van der Waals surface area contributed by atoms with Crippen LogP contribution in [0.2, 0.25) is 0 Å². The number of aromatic nitrogens is 1. The van der Waals surface area contributed by atoms with Gasteiger partial charge in [0.25, 0.3) is 0 Å². The molecule has 4 bridgehead atoms. The highest BCUT2D eigenvalue weighted by Gasteiger charge is 2.50. The van der Waals surface area contributed by atoms with Crippen molar-refractivity contribution >= 4 is 34.8 Å². The number of alkyl carbamates (subject to hydrolysis) is 1. The van der Waals surface area contributed by atoms with E-state index in [2.05, 4.69) is 20.9 Å². The molecule has 1 heterocycles. The van der Waals surface area contributed by atoms with Crippen LogP contribution in [0.4, 0.5) is 4.79 Å². The molecule has 0 aliphatic heterocycles. The molecule has 3 aromatic rings. The highest BCUT2D eigenvalue weighted by atomic mass is 16.6. The fourth-order valence-corrected chi connectivity index (χ4v) is 8.14. The highest BCUT2D eigenvalue weighted by molar-refractivity contribution is 5.94. The lowest BCUT2D eigenvalue weighted by Gasteiger charge is -2.53. The first-order valence-corrected chi connectivity index (χ1v) is 16.0. The Balaban J connectivity index is 1.21. The molecule has 4 saturated carbocycles. The second kappa shape index (κ2) is 12.9. The average molecular weight is 615 g/mol. The van der Waals surface area contributed by atoms with Gasteiger partial charge >= 0.3 is 12.1 Å². The van der Waals surface area contributed by atoms with E-state index in [1.165, 1.54) is 6.42 Å². The SMILES string of the molecule is C[C@](Cc1c[nH]c2ccccc12)(NC(=O)OC1C2CC3CC(C2)CC1C3)C(=O)N[C@H](CNC(=O)CC(=O)O)Cc1ccccc1. The Bertz CT molecular complexity index is 1530. The smallest absolute Gasteiger partial charge is 0.408 e. The number of hydrogen-bond acceptors (Lipinski definition) is 5. The van der Waals surface area contributed by atoms with Crippen molar-refractivity contribution in [1.29, 1.82) is 0 Å². The maximum absolute atomic E-state index is 14.2. The minimum atomic E-state index is -1.39. The normalized spacial score (nSPS) is 25.2. The zero-order chi connectivity index (χ0) is 31.6. The van der Waals surface area contributed by atoms with Crippen LogP contribution in [0, 0.1) is 23.7 Å². The quantitative estimate of drug-likeness (QED) is 0.192. The Morgan fingerprint density at radius 1 is 0.956 bits per heavy atom. The lowest BCUT2D eigenvalue weighted by atomic mass is 9.55. The molecule has 5 N–H and O–H groups in total. The lowest BCUT2D eigenvalue weighted by Crippen LogP contribution is -2.62. The molecule has 0 spiro atoms. The molecule has 0 unspecified atom stereocenters. The fraction of sp³-hybridized carbons (Fsp3) is 0.486. The van der Waals surface area contributed by atoms with Gasteiger partial charge in [-0.1, -0.05) is 48.5 Å². The van der Waals surface area contributed by atoms with Crippen molar-refractivity contribution < 1.29 is 29.0 Å². The first-order chi connectivity index (χ1) is 21.6. The number of aliphatic carboxylic acids is 1. The van der Waals surface area contributed by atoms with Gasteiger partial charge in [-0.05, 0) is 86.3 Å². The van der Waals surface area contributed by atoms with E-state index in [1.807, 2.05) is 60.8 Å². The van der Waals surface area contributed by atoms with E-state index in [1.54, 1.807) is 6.92 Å². The van der Waals surface area contributed by atoms with Gasteiger partial charge in [0.05, 0.1) is 6.04 Å². The number of ether oxygens (including phenoxy) is 1. The number of para-hydroxylation sites is 1. The molecule has 45 heavy (non-hydrogen) atoms. The summed E-state index contributed by atoms with van der Waals surface area (Å²) >= 11 is 0. The second-order valence-electron chi connectivity index (χ2n) is 13.5. The van der Waals surface area contributed by atoms with Crippen LogP contribution in [0.1, 0.15) is 56.6 Å². The van der Waals surface area contributed by atoms with Crippen LogP contribution in [0.15, 0.2) is 60.8 Å². The summed E-state index contributed by atoms with van der Waals surface area (Å²) in [5.41, 5.74) is 1.33. The molecule has 3 amide bonds. The van der Waals surface area contributed by atoms with Crippen molar-refractivity contribution in [3.8, 4) is 0 Å². The van der Waals surface area contributed by atoms with Gasteiger partial charge in [0.15, 0.2) is 0 Å². The van der Waals surface area contributed by atoms with Crippen LogP contribution in [0.5, 0.6) is 0 Å². The number of nitrogens with one attached hydrogen (secondary N) is 4. The molecule has 4 aliphatic rings. The van der Waals surface area contributed by atoms with Gasteiger partial charge in [0.1, 0.15) is 18.1 Å². The van der Waals surface area contributed by atoms with E-state index in [0.29, 0.717) is 18.3 Å². The number of carbonyl (C=O) groups excluding carboxylic acids is 3. The van der Waals surface area contributed by atoms with Gasteiger partial charge in [0, 0.05) is 30.1 Å². The summed E-state index contributed by atoms with van der Waals surface area (Å²) in [6.45, 7) is 1.72. The van der Waals surface area contributed by atoms with Crippen LogP contribution in [0.25, 0.3) is 10.9 Å². The number of rotatable bonds is 12. The molecule has 4 aliphatic carbocycles. The van der Waals surface area contributed by atoms with Crippen molar-refractivity contribution in [3.05, 3.63) is 71.9 Å². The molecule has 0 saturated heterocycles. The van der Waals surface area contributed by atoms with Crippen LogP contribution in [0.3, 0.4) is 0 Å². The predicted octanol–water partition coefficient (Wildman–Crippen LogP) is 4.34. The van der Waals surface area contributed by atoms with E-state index in [0.717, 1.165) is 59.5 Å². The van der Waals surface area contributed by atoms with Crippen molar-refractivity contribution in [3.63, 3.8) is 0 Å². The van der Waals surface area contributed by atoms with Crippen LogP contribution in [-0.4, -0.2) is 58.2 Å². The van der Waals surface area contributed by atoms with Gasteiger partial charge < -0.3 is 30.8 Å². The predicted molar refractivity (Wildman–Crippen MR) is 168 cm³/mol. The molecule has 0 radical (unpaired) electrons. The molecular weight excluding hydrogens is 572 g/mol. The number of carboxylic acid groups (broad SMARTS) is 1. The summed E-state index contributed by atoms with van der Waals surface area (Å²) in [4.78, 5) is 54.3. The van der Waals surface area contributed by atoms with E-state index in [4.69, 9.17) is 9.84 Å². The lowest BCUT2D eigenvalue weighted by molar-refractivity contribution is -0.141. The monoisotopic (exact) mass is 614 g/mol. The fourth-order valence-electron chi connectivity index (χ4n) is 8.14. The average Bonchev–Trinajstić information content (AvgIpc) is 3.39. The first-order valence-electron chi connectivity index (χ1n) is 16.0. The Kier molecular flexibility index (Phi) is 8.83. The summed E-state index contributed by atoms with van der Waals surface area (Å²) in [5, 5.41) is 18.6. The zero-order valence-electron chi connectivity index (χ0n) is 25.6. The van der Waals surface area contributed by atoms with Gasteiger partial charge in [0.2, 0.25) is 11.8 Å².